The number of nitrogens with zero attached hydrogens (tertiary/aromatic N) is 5. The first-order valence-corrected chi connectivity index (χ1v) is 9.95. The quantitative estimate of drug-likeness (QED) is 0.675. The molecule has 7 nitrogen and oxygen atoms in total. The van der Waals surface area contributed by atoms with Crippen LogP contribution in [0.25, 0.3) is 5.65 Å². The first kappa shape index (κ1) is 17.8. The molecule has 29 heavy (non-hydrogen) atoms. The van der Waals surface area contributed by atoms with E-state index in [1.54, 1.807) is 23.7 Å². The Kier molecular flexibility index (Phi) is 4.12. The van der Waals surface area contributed by atoms with Crippen LogP contribution in [0.15, 0.2) is 48.9 Å². The van der Waals surface area contributed by atoms with Gasteiger partial charge in [0.05, 0.1) is 11.6 Å². The molecule has 5 rings (SSSR count). The molecule has 0 radical (unpaired) electrons. The minimum absolute atomic E-state index is 0.0142. The summed E-state index contributed by atoms with van der Waals surface area (Å²) >= 11 is 0. The van der Waals surface area contributed by atoms with Gasteiger partial charge >= 0.3 is 0 Å². The van der Waals surface area contributed by atoms with Crippen LogP contribution in [-0.2, 0) is 4.79 Å². The summed E-state index contributed by atoms with van der Waals surface area (Å²) in [4.78, 5) is 29.5. The van der Waals surface area contributed by atoms with Crippen LogP contribution in [0.4, 0.5) is 0 Å². The number of pyridine rings is 1. The number of likely N-dealkylation sites (tertiary alicyclic amines) is 2. The predicted octanol–water partition coefficient (Wildman–Crippen LogP) is 2.33. The Morgan fingerprint density at radius 3 is 2.69 bits per heavy atom. The average molecular weight is 389 g/mol. The third-order valence-electron chi connectivity index (χ3n) is 6.42. The number of aromatic nitrogens is 3. The van der Waals surface area contributed by atoms with Crippen molar-refractivity contribution in [3.8, 4) is 0 Å². The lowest BCUT2D eigenvalue weighted by Crippen LogP contribution is -2.36. The summed E-state index contributed by atoms with van der Waals surface area (Å²) in [5, 5.41) is 8.02. The highest BCUT2D eigenvalue weighted by atomic mass is 16.2. The molecule has 0 unspecified atom stereocenters. The van der Waals surface area contributed by atoms with E-state index in [-0.39, 0.29) is 29.7 Å². The highest BCUT2D eigenvalue weighted by Gasteiger charge is 2.49. The largest absolute Gasteiger partial charge is 0.338 e. The van der Waals surface area contributed by atoms with Gasteiger partial charge in [-0.15, -0.1) is 10.2 Å². The molecule has 0 saturated carbocycles. The highest BCUT2D eigenvalue weighted by Crippen LogP contribution is 2.46. The molecule has 0 N–H and O–H groups in total. The summed E-state index contributed by atoms with van der Waals surface area (Å²) in [6.07, 6.45) is 3.44. The van der Waals surface area contributed by atoms with E-state index in [4.69, 9.17) is 0 Å². The maximum atomic E-state index is 13.3. The molecule has 2 aliphatic heterocycles. The van der Waals surface area contributed by atoms with Crippen LogP contribution >= 0.6 is 0 Å². The summed E-state index contributed by atoms with van der Waals surface area (Å²) in [6, 6.07) is 11.9. The fourth-order valence-corrected chi connectivity index (χ4v) is 5.04. The van der Waals surface area contributed by atoms with Gasteiger partial charge in [0.2, 0.25) is 5.91 Å². The monoisotopic (exact) mass is 389 g/mol. The van der Waals surface area contributed by atoms with Gasteiger partial charge in [0, 0.05) is 44.6 Å². The Morgan fingerprint density at radius 2 is 1.90 bits per heavy atom. The first-order chi connectivity index (χ1) is 14.0. The van der Waals surface area contributed by atoms with E-state index in [2.05, 4.69) is 29.3 Å². The summed E-state index contributed by atoms with van der Waals surface area (Å²) in [7, 11) is 0. The third-order valence-corrected chi connectivity index (χ3v) is 6.42. The maximum Gasteiger partial charge on any atom is 0.257 e. The average Bonchev–Trinajstić information content (AvgIpc) is 3.41. The molecule has 1 aromatic carbocycles. The zero-order chi connectivity index (χ0) is 20.1. The van der Waals surface area contributed by atoms with E-state index in [0.29, 0.717) is 30.8 Å². The van der Waals surface area contributed by atoms with Crippen molar-refractivity contribution in [2.24, 2.45) is 11.8 Å². The lowest BCUT2D eigenvalue weighted by atomic mass is 9.87. The molecule has 2 aromatic heterocycles. The second-order valence-electron chi connectivity index (χ2n) is 8.09. The summed E-state index contributed by atoms with van der Waals surface area (Å²) < 4.78 is 1.76. The zero-order valence-corrected chi connectivity index (χ0v) is 16.5. The fourth-order valence-electron chi connectivity index (χ4n) is 5.04. The minimum atomic E-state index is -0.0177. The molecular weight excluding hydrogens is 366 g/mol. The van der Waals surface area contributed by atoms with E-state index < -0.39 is 0 Å². The van der Waals surface area contributed by atoms with Crippen molar-refractivity contribution in [2.75, 3.05) is 19.6 Å². The molecule has 3 aromatic rings. The van der Waals surface area contributed by atoms with E-state index in [1.807, 2.05) is 34.2 Å². The molecule has 148 valence electrons. The van der Waals surface area contributed by atoms with Crippen molar-refractivity contribution in [3.63, 3.8) is 0 Å². The molecular formula is C22H23N5O2. The second-order valence-corrected chi connectivity index (χ2v) is 8.09. The third kappa shape index (κ3) is 2.80. The molecule has 0 spiro atoms. The van der Waals surface area contributed by atoms with Crippen LogP contribution < -0.4 is 0 Å². The Hall–Kier alpha value is -3.22. The van der Waals surface area contributed by atoms with Gasteiger partial charge in [-0.3, -0.25) is 14.0 Å². The van der Waals surface area contributed by atoms with Crippen molar-refractivity contribution in [3.05, 3.63) is 65.6 Å². The number of rotatable bonds is 2. The summed E-state index contributed by atoms with van der Waals surface area (Å²) in [6.45, 7) is 5.72. The first-order valence-electron chi connectivity index (χ1n) is 9.95. The molecule has 3 atom stereocenters. The number of hydrogen-bond donors (Lipinski definition) is 0. The number of fused-ring (bicyclic) bond motifs is 2. The van der Waals surface area contributed by atoms with Gasteiger partial charge < -0.3 is 9.80 Å². The molecule has 7 heteroatoms. The Labute approximate surface area is 168 Å². The van der Waals surface area contributed by atoms with Gasteiger partial charge in [-0.2, -0.15) is 0 Å². The number of carbonyl (C=O) groups is 2. The number of benzene rings is 1. The van der Waals surface area contributed by atoms with Crippen LogP contribution in [0.1, 0.15) is 34.5 Å². The summed E-state index contributed by atoms with van der Waals surface area (Å²) in [5.74, 6) is 0.598. The van der Waals surface area contributed by atoms with Crippen LogP contribution in [0.2, 0.25) is 0 Å². The zero-order valence-electron chi connectivity index (χ0n) is 16.5. The Balaban J connectivity index is 1.46. The van der Waals surface area contributed by atoms with E-state index in [1.165, 1.54) is 11.1 Å². The molecule has 0 aliphatic carbocycles. The topological polar surface area (TPSA) is 70.8 Å². The van der Waals surface area contributed by atoms with Crippen LogP contribution in [0.5, 0.6) is 0 Å². The van der Waals surface area contributed by atoms with Gasteiger partial charge in [-0.05, 0) is 30.2 Å². The number of carbonyl (C=O) groups excluding carboxylic acids is 2. The lowest BCUT2D eigenvalue weighted by molar-refractivity contribution is -0.130. The highest BCUT2D eigenvalue weighted by molar-refractivity contribution is 5.99. The molecule has 4 heterocycles. The van der Waals surface area contributed by atoms with Crippen molar-refractivity contribution < 1.29 is 9.59 Å². The second kappa shape index (κ2) is 6.69. The van der Waals surface area contributed by atoms with Crippen molar-refractivity contribution >= 4 is 17.5 Å². The number of amides is 2. The van der Waals surface area contributed by atoms with Gasteiger partial charge in [-0.1, -0.05) is 24.3 Å². The Morgan fingerprint density at radius 1 is 1.07 bits per heavy atom. The van der Waals surface area contributed by atoms with Crippen LogP contribution in [-0.4, -0.2) is 55.8 Å². The van der Waals surface area contributed by atoms with E-state index >= 15 is 0 Å². The standard InChI is InChI=1S/C22H23N5O2/c1-14-6-3-4-7-17(14)20-19-12-26(10-16(19)11-27(20)15(2)28)22(29)18-8-5-9-25-13-23-24-21(18)25/h3-9,13,16,19-20H,10-12H2,1-2H3/t16-,19-,20-/m1/s1. The molecule has 0 bridgehead atoms. The Bertz CT molecular complexity index is 1110. The molecule has 2 amide bonds. The fraction of sp³-hybridized carbons (Fsp3) is 0.364. The summed E-state index contributed by atoms with van der Waals surface area (Å²) in [5.41, 5.74) is 3.52. The maximum absolute atomic E-state index is 13.3. The number of aryl methyl sites for hydroxylation is 1. The van der Waals surface area contributed by atoms with Crippen molar-refractivity contribution in [1.82, 2.24) is 24.4 Å². The number of hydrogen-bond acceptors (Lipinski definition) is 4. The van der Waals surface area contributed by atoms with Crippen molar-refractivity contribution in [2.45, 2.75) is 19.9 Å². The predicted molar refractivity (Wildman–Crippen MR) is 107 cm³/mol. The SMILES string of the molecule is CC(=O)N1C[C@H]2CN(C(=O)c3cccn4cnnc34)C[C@H]2[C@H]1c1ccccc1C. The van der Waals surface area contributed by atoms with Crippen molar-refractivity contribution in [1.29, 1.82) is 0 Å². The molecule has 2 saturated heterocycles. The van der Waals surface area contributed by atoms with Crippen LogP contribution in [0, 0.1) is 18.8 Å². The lowest BCUT2D eigenvalue weighted by Gasteiger charge is -2.30. The normalized spacial score (nSPS) is 23.6. The van der Waals surface area contributed by atoms with Crippen LogP contribution in [0.3, 0.4) is 0 Å². The van der Waals surface area contributed by atoms with Gasteiger partial charge in [0.25, 0.3) is 5.91 Å². The van der Waals surface area contributed by atoms with E-state index in [0.717, 1.165) is 0 Å². The molecule has 2 aliphatic rings. The van der Waals surface area contributed by atoms with Gasteiger partial charge in [-0.25, -0.2) is 0 Å². The minimum Gasteiger partial charge on any atom is -0.338 e. The van der Waals surface area contributed by atoms with E-state index in [9.17, 15) is 9.59 Å². The van der Waals surface area contributed by atoms with Gasteiger partial charge in [0.1, 0.15) is 6.33 Å². The van der Waals surface area contributed by atoms with Gasteiger partial charge in [0.15, 0.2) is 5.65 Å². The smallest absolute Gasteiger partial charge is 0.257 e. The molecule has 2 fully saturated rings.